The molecule has 3 heterocycles. The Hall–Kier alpha value is -3.25. The van der Waals surface area contributed by atoms with Crippen molar-refractivity contribution in [3.05, 3.63) is 39.8 Å². The molecule has 4 atom stereocenters. The van der Waals surface area contributed by atoms with Crippen molar-refractivity contribution in [3.8, 4) is 17.2 Å². The summed E-state index contributed by atoms with van der Waals surface area (Å²) in [6.45, 7) is 5.39. The van der Waals surface area contributed by atoms with Gasteiger partial charge in [0.2, 0.25) is 5.91 Å². The number of carbonyl (C=O) groups excluding carboxylic acids is 3. The molecule has 2 fully saturated rings. The molecule has 5 rings (SSSR count). The second-order valence-corrected chi connectivity index (χ2v) is 12.6. The number of fused-ring (bicyclic) bond motifs is 3. The summed E-state index contributed by atoms with van der Waals surface area (Å²) in [6.07, 6.45) is 2.45. The molecule has 9 heteroatoms. The number of piperidine rings is 1. The first-order chi connectivity index (χ1) is 18.0. The minimum Gasteiger partial charge on any atom is -0.444 e. The van der Waals surface area contributed by atoms with E-state index in [1.165, 1.54) is 11.3 Å². The van der Waals surface area contributed by atoms with Gasteiger partial charge in [-0.1, -0.05) is 12.1 Å². The van der Waals surface area contributed by atoms with Gasteiger partial charge in [0.15, 0.2) is 5.78 Å². The third-order valence-corrected chi connectivity index (χ3v) is 8.84. The van der Waals surface area contributed by atoms with Gasteiger partial charge in [-0.3, -0.25) is 14.5 Å². The maximum absolute atomic E-state index is 15.5. The summed E-state index contributed by atoms with van der Waals surface area (Å²) in [5.74, 6) is -1.17. The van der Waals surface area contributed by atoms with Gasteiger partial charge in [0.1, 0.15) is 11.4 Å². The molecule has 1 aliphatic carbocycles. The third-order valence-electron chi connectivity index (χ3n) is 7.86. The first-order valence-corrected chi connectivity index (χ1v) is 13.9. The number of anilines is 1. The average molecular weight is 538 g/mol. The van der Waals surface area contributed by atoms with Crippen LogP contribution in [0.5, 0.6) is 0 Å². The number of carbonyl (C=O) groups is 3. The Morgan fingerprint density at radius 2 is 2.05 bits per heavy atom. The minimum absolute atomic E-state index is 0.00544. The van der Waals surface area contributed by atoms with Crippen LogP contribution in [0.3, 0.4) is 0 Å². The molecular formula is C29H32FN3O4S. The molecule has 2 bridgehead atoms. The van der Waals surface area contributed by atoms with Gasteiger partial charge in [-0.2, -0.15) is 5.26 Å². The average Bonchev–Trinajstić information content (AvgIpc) is 3.62. The number of amides is 2. The number of rotatable bonds is 6. The van der Waals surface area contributed by atoms with Gasteiger partial charge in [0, 0.05) is 47.4 Å². The van der Waals surface area contributed by atoms with E-state index in [0.717, 1.165) is 30.5 Å². The monoisotopic (exact) mass is 537 g/mol. The van der Waals surface area contributed by atoms with E-state index < -0.39 is 29.5 Å². The minimum atomic E-state index is -0.702. The molecule has 2 amide bonds. The van der Waals surface area contributed by atoms with Crippen LogP contribution in [0.2, 0.25) is 0 Å². The van der Waals surface area contributed by atoms with E-state index in [4.69, 9.17) is 4.74 Å². The molecule has 1 aromatic carbocycles. The largest absolute Gasteiger partial charge is 0.444 e. The highest BCUT2D eigenvalue weighted by molar-refractivity contribution is 7.10. The standard InChI is InChI=1S/C29H32FN3O4S/c1-29(2,3)37-28(36)33-20-8-7-19(11-20)27(33)23(34)9-16(14-31)10-24-26(30)21(15-38-24)17-5-6-18-13-25(35)32(4)22(18)12-17/h5-6,12,15-16,19-20,27H,7-11,13H2,1-4H3/t16?,19-,20+,27-/m0/s1. The van der Waals surface area contributed by atoms with E-state index >= 15 is 4.39 Å². The fourth-order valence-electron chi connectivity index (χ4n) is 6.06. The van der Waals surface area contributed by atoms with Crippen molar-refractivity contribution in [2.24, 2.45) is 11.8 Å². The molecule has 200 valence electrons. The number of hydrogen-bond donors (Lipinski definition) is 0. The predicted octanol–water partition coefficient (Wildman–Crippen LogP) is 5.50. The molecule has 0 N–H and O–H groups in total. The lowest BCUT2D eigenvalue weighted by atomic mass is 9.89. The summed E-state index contributed by atoms with van der Waals surface area (Å²) < 4.78 is 21.1. The van der Waals surface area contributed by atoms with Crippen LogP contribution < -0.4 is 4.90 Å². The van der Waals surface area contributed by atoms with Crippen LogP contribution in [0.25, 0.3) is 11.1 Å². The SMILES string of the molecule is CN1C(=O)Cc2ccc(-c3csc(CC(C#N)CC(=O)[C@@H]4[C@H]5CC[C@H](C5)N4C(=O)OC(C)(C)C)c3F)cc21. The molecule has 0 spiro atoms. The van der Waals surface area contributed by atoms with E-state index in [9.17, 15) is 19.6 Å². The molecule has 2 aliphatic heterocycles. The topological polar surface area (TPSA) is 90.7 Å². The van der Waals surface area contributed by atoms with Crippen LogP contribution in [0.4, 0.5) is 14.9 Å². The molecule has 38 heavy (non-hydrogen) atoms. The smallest absolute Gasteiger partial charge is 0.411 e. The highest BCUT2D eigenvalue weighted by atomic mass is 32.1. The number of ether oxygens (including phenoxy) is 1. The Morgan fingerprint density at radius 3 is 2.76 bits per heavy atom. The van der Waals surface area contributed by atoms with Crippen LogP contribution in [0, 0.1) is 29.0 Å². The summed E-state index contributed by atoms with van der Waals surface area (Å²) in [5.41, 5.74) is 2.12. The van der Waals surface area contributed by atoms with Crippen LogP contribution in [-0.4, -0.2) is 47.4 Å². The number of ketones is 1. The molecule has 7 nitrogen and oxygen atoms in total. The lowest BCUT2D eigenvalue weighted by Gasteiger charge is -2.35. The molecule has 1 unspecified atom stereocenters. The molecule has 2 aromatic rings. The van der Waals surface area contributed by atoms with E-state index in [-0.39, 0.29) is 36.5 Å². The van der Waals surface area contributed by atoms with Crippen LogP contribution in [0.1, 0.15) is 56.9 Å². The van der Waals surface area contributed by atoms with Gasteiger partial charge in [-0.15, -0.1) is 11.3 Å². The molecule has 1 saturated carbocycles. The number of halogens is 1. The van der Waals surface area contributed by atoms with Gasteiger partial charge in [-0.05, 0) is 63.1 Å². The number of likely N-dealkylation sites (N-methyl/N-ethyl adjacent to an activating group) is 1. The highest BCUT2D eigenvalue weighted by Crippen LogP contribution is 2.44. The van der Waals surface area contributed by atoms with Crippen molar-refractivity contribution < 1.29 is 23.5 Å². The van der Waals surface area contributed by atoms with E-state index in [1.54, 1.807) is 43.0 Å². The van der Waals surface area contributed by atoms with Crippen LogP contribution in [-0.2, 0) is 27.2 Å². The summed E-state index contributed by atoms with van der Waals surface area (Å²) in [6, 6.07) is 7.08. The number of nitriles is 1. The fourth-order valence-corrected chi connectivity index (χ4v) is 7.07. The second-order valence-electron chi connectivity index (χ2n) is 11.6. The molecule has 1 saturated heterocycles. The quantitative estimate of drug-likeness (QED) is 0.485. The molecule has 1 aromatic heterocycles. The van der Waals surface area contributed by atoms with Crippen molar-refractivity contribution in [2.75, 3.05) is 11.9 Å². The second kappa shape index (κ2) is 9.81. The first kappa shape index (κ1) is 26.4. The predicted molar refractivity (Wildman–Crippen MR) is 142 cm³/mol. The number of hydrogen-bond acceptors (Lipinski definition) is 6. The summed E-state index contributed by atoms with van der Waals surface area (Å²) in [5, 5.41) is 11.6. The third kappa shape index (κ3) is 4.82. The van der Waals surface area contributed by atoms with Gasteiger partial charge >= 0.3 is 6.09 Å². The van der Waals surface area contributed by atoms with Crippen molar-refractivity contribution in [2.45, 2.75) is 77.0 Å². The number of nitrogens with zero attached hydrogens (tertiary/aromatic N) is 3. The maximum atomic E-state index is 15.5. The Bertz CT molecular complexity index is 1340. The number of likely N-dealkylation sites (tertiary alicyclic amines) is 1. The van der Waals surface area contributed by atoms with Gasteiger partial charge < -0.3 is 9.64 Å². The zero-order valence-corrected chi connectivity index (χ0v) is 22.9. The Balaban J connectivity index is 1.30. The number of Topliss-reactive ketones (excluding diaryl/α,β-unsaturated/α-hetero) is 1. The van der Waals surface area contributed by atoms with Crippen LogP contribution >= 0.6 is 11.3 Å². The van der Waals surface area contributed by atoms with Crippen molar-refractivity contribution in [3.63, 3.8) is 0 Å². The summed E-state index contributed by atoms with van der Waals surface area (Å²) >= 11 is 1.23. The van der Waals surface area contributed by atoms with E-state index in [0.29, 0.717) is 22.4 Å². The van der Waals surface area contributed by atoms with E-state index in [2.05, 4.69) is 6.07 Å². The highest BCUT2D eigenvalue weighted by Gasteiger charge is 2.52. The van der Waals surface area contributed by atoms with Gasteiger partial charge in [-0.25, -0.2) is 9.18 Å². The van der Waals surface area contributed by atoms with Crippen molar-refractivity contribution >= 4 is 34.8 Å². The Kier molecular flexibility index (Phi) is 6.80. The zero-order chi connectivity index (χ0) is 27.4. The zero-order valence-electron chi connectivity index (χ0n) is 22.1. The van der Waals surface area contributed by atoms with Gasteiger partial charge in [0.05, 0.1) is 24.4 Å². The molecular weight excluding hydrogens is 505 g/mol. The Morgan fingerprint density at radius 1 is 1.29 bits per heavy atom. The Labute approximate surface area is 226 Å². The lowest BCUT2D eigenvalue weighted by Crippen LogP contribution is -2.51. The van der Waals surface area contributed by atoms with E-state index in [1.807, 2.05) is 18.2 Å². The number of benzene rings is 1. The number of thiophene rings is 1. The van der Waals surface area contributed by atoms with Gasteiger partial charge in [0.25, 0.3) is 0 Å². The molecule has 0 radical (unpaired) electrons. The van der Waals surface area contributed by atoms with Crippen LogP contribution in [0.15, 0.2) is 23.6 Å². The first-order valence-electron chi connectivity index (χ1n) is 13.1. The lowest BCUT2D eigenvalue weighted by molar-refractivity contribution is -0.126. The summed E-state index contributed by atoms with van der Waals surface area (Å²) in [7, 11) is 1.71. The molecule has 3 aliphatic rings. The van der Waals surface area contributed by atoms with Crippen molar-refractivity contribution in [1.29, 1.82) is 5.26 Å². The maximum Gasteiger partial charge on any atom is 0.411 e. The fraction of sp³-hybridized carbons (Fsp3) is 0.517. The normalized spacial score (nSPS) is 22.9. The van der Waals surface area contributed by atoms with Crippen molar-refractivity contribution in [1.82, 2.24) is 4.90 Å². The summed E-state index contributed by atoms with van der Waals surface area (Å²) in [4.78, 5) is 42.0.